The van der Waals surface area contributed by atoms with E-state index in [-0.39, 0.29) is 17.0 Å². The van der Waals surface area contributed by atoms with Gasteiger partial charge in [-0.2, -0.15) is 0 Å². The first kappa shape index (κ1) is 27.4. The SMILES string of the molecule is CCCCCCCCc1cnc(-c2ccc(F)c(-c3cc(-c4ccccc4)cc(-c4ccccc4)c3)c2F)nc1. The van der Waals surface area contributed by atoms with Gasteiger partial charge in [-0.15, -0.1) is 0 Å². The number of benzene rings is 4. The van der Waals surface area contributed by atoms with E-state index in [1.54, 1.807) is 12.4 Å². The van der Waals surface area contributed by atoms with Gasteiger partial charge in [0, 0.05) is 12.4 Å². The van der Waals surface area contributed by atoms with E-state index in [1.165, 1.54) is 44.2 Å². The second-order valence-corrected chi connectivity index (χ2v) is 10.2. The highest BCUT2D eigenvalue weighted by Gasteiger charge is 2.20. The van der Waals surface area contributed by atoms with Crippen LogP contribution < -0.4 is 0 Å². The molecular formula is C36H34F2N2. The van der Waals surface area contributed by atoms with E-state index in [2.05, 4.69) is 23.0 Å². The summed E-state index contributed by atoms with van der Waals surface area (Å²) in [6, 6.07) is 28.2. The molecule has 202 valence electrons. The van der Waals surface area contributed by atoms with Crippen LogP contribution >= 0.6 is 0 Å². The zero-order valence-electron chi connectivity index (χ0n) is 22.9. The van der Waals surface area contributed by atoms with Crippen LogP contribution in [0.2, 0.25) is 0 Å². The van der Waals surface area contributed by atoms with Crippen molar-refractivity contribution in [2.75, 3.05) is 0 Å². The van der Waals surface area contributed by atoms with Gasteiger partial charge < -0.3 is 0 Å². The molecule has 0 unspecified atom stereocenters. The number of halogens is 2. The van der Waals surface area contributed by atoms with Crippen molar-refractivity contribution in [3.8, 4) is 44.8 Å². The maximum atomic E-state index is 16.1. The minimum Gasteiger partial charge on any atom is -0.236 e. The zero-order valence-corrected chi connectivity index (χ0v) is 22.9. The molecule has 5 aromatic rings. The van der Waals surface area contributed by atoms with Crippen LogP contribution in [0.15, 0.2) is 103 Å². The lowest BCUT2D eigenvalue weighted by Crippen LogP contribution is -1.99. The fraction of sp³-hybridized carbons (Fsp3) is 0.222. The standard InChI is InChI=1S/C36H34F2N2/c1-2-3-4-5-6-9-14-26-24-39-36(40-25-26)32-19-20-33(37)34(35(32)38)31-22-29(27-15-10-7-11-16-27)21-30(23-31)28-17-12-8-13-18-28/h7-8,10-13,15-25H,2-6,9,14H2,1H3. The Hall–Kier alpha value is -4.18. The summed E-state index contributed by atoms with van der Waals surface area (Å²) in [7, 11) is 0. The Morgan fingerprint density at radius 3 is 1.73 bits per heavy atom. The van der Waals surface area contributed by atoms with Crippen molar-refractivity contribution in [1.29, 1.82) is 0 Å². The molecule has 0 aliphatic carbocycles. The lowest BCUT2D eigenvalue weighted by molar-refractivity contribution is 0.591. The van der Waals surface area contributed by atoms with Gasteiger partial charge in [-0.3, -0.25) is 0 Å². The molecule has 1 aromatic heterocycles. The van der Waals surface area contributed by atoms with E-state index < -0.39 is 11.6 Å². The molecule has 0 spiro atoms. The number of rotatable bonds is 11. The quantitative estimate of drug-likeness (QED) is 0.158. The van der Waals surface area contributed by atoms with Crippen LogP contribution in [0.5, 0.6) is 0 Å². The van der Waals surface area contributed by atoms with Gasteiger partial charge in [0.1, 0.15) is 11.6 Å². The van der Waals surface area contributed by atoms with Gasteiger partial charge in [0.15, 0.2) is 5.82 Å². The van der Waals surface area contributed by atoms with Crippen molar-refractivity contribution in [2.45, 2.75) is 51.9 Å². The first-order chi connectivity index (χ1) is 19.6. The third kappa shape index (κ3) is 6.51. The average Bonchev–Trinajstić information content (AvgIpc) is 3.00. The molecule has 5 rings (SSSR count). The molecule has 0 bridgehead atoms. The molecule has 0 N–H and O–H groups in total. The lowest BCUT2D eigenvalue weighted by atomic mass is 9.92. The highest BCUT2D eigenvalue weighted by molar-refractivity contribution is 5.83. The molecule has 1 heterocycles. The Balaban J connectivity index is 1.48. The Morgan fingerprint density at radius 1 is 0.575 bits per heavy atom. The Labute approximate surface area is 235 Å². The van der Waals surface area contributed by atoms with Crippen molar-refractivity contribution >= 4 is 0 Å². The van der Waals surface area contributed by atoms with Crippen LogP contribution in [-0.2, 0) is 6.42 Å². The first-order valence-electron chi connectivity index (χ1n) is 14.2. The van der Waals surface area contributed by atoms with Gasteiger partial charge in [0.05, 0.1) is 11.1 Å². The molecule has 0 amide bonds. The predicted octanol–water partition coefficient (Wildman–Crippen LogP) is 10.3. The fourth-order valence-electron chi connectivity index (χ4n) is 5.09. The second-order valence-electron chi connectivity index (χ2n) is 10.2. The minimum absolute atomic E-state index is 0.0766. The molecule has 0 aliphatic rings. The summed E-state index contributed by atoms with van der Waals surface area (Å²) in [6.07, 6.45) is 11.7. The lowest BCUT2D eigenvalue weighted by Gasteiger charge is -2.14. The molecule has 0 saturated heterocycles. The Morgan fingerprint density at radius 2 is 1.12 bits per heavy atom. The Bertz CT molecular complexity index is 1470. The summed E-state index contributed by atoms with van der Waals surface area (Å²) >= 11 is 0. The van der Waals surface area contributed by atoms with E-state index in [0.29, 0.717) is 5.56 Å². The van der Waals surface area contributed by atoms with Gasteiger partial charge in [-0.05, 0) is 76.6 Å². The maximum absolute atomic E-state index is 16.1. The van der Waals surface area contributed by atoms with Crippen molar-refractivity contribution < 1.29 is 8.78 Å². The van der Waals surface area contributed by atoms with Gasteiger partial charge >= 0.3 is 0 Å². The molecule has 2 nitrogen and oxygen atoms in total. The van der Waals surface area contributed by atoms with Crippen LogP contribution in [0, 0.1) is 11.6 Å². The third-order valence-corrected chi connectivity index (χ3v) is 7.29. The number of hydrogen-bond donors (Lipinski definition) is 0. The zero-order chi connectivity index (χ0) is 27.7. The number of nitrogens with zero attached hydrogens (tertiary/aromatic N) is 2. The van der Waals surface area contributed by atoms with Crippen LogP contribution in [0.25, 0.3) is 44.8 Å². The van der Waals surface area contributed by atoms with E-state index in [9.17, 15) is 0 Å². The van der Waals surface area contributed by atoms with Gasteiger partial charge in [-0.1, -0.05) is 99.7 Å². The number of hydrogen-bond acceptors (Lipinski definition) is 2. The molecule has 0 atom stereocenters. The van der Waals surface area contributed by atoms with Crippen molar-refractivity contribution in [3.05, 3.63) is 121 Å². The number of unbranched alkanes of at least 4 members (excludes halogenated alkanes) is 5. The normalized spacial score (nSPS) is 11.1. The third-order valence-electron chi connectivity index (χ3n) is 7.29. The van der Waals surface area contributed by atoms with Crippen LogP contribution in [0.1, 0.15) is 51.0 Å². The van der Waals surface area contributed by atoms with Crippen molar-refractivity contribution in [3.63, 3.8) is 0 Å². The monoisotopic (exact) mass is 532 g/mol. The van der Waals surface area contributed by atoms with Crippen LogP contribution in [-0.4, -0.2) is 9.97 Å². The molecule has 4 aromatic carbocycles. The summed E-state index contributed by atoms with van der Waals surface area (Å²) < 4.78 is 31.4. The highest BCUT2D eigenvalue weighted by Crippen LogP contribution is 2.37. The van der Waals surface area contributed by atoms with E-state index in [4.69, 9.17) is 0 Å². The molecule has 0 aliphatic heterocycles. The summed E-state index contributed by atoms with van der Waals surface area (Å²) in [5.41, 5.74) is 5.33. The van der Waals surface area contributed by atoms with Crippen molar-refractivity contribution in [2.24, 2.45) is 0 Å². The molecule has 40 heavy (non-hydrogen) atoms. The second kappa shape index (κ2) is 13.3. The predicted molar refractivity (Wildman–Crippen MR) is 161 cm³/mol. The van der Waals surface area contributed by atoms with Crippen LogP contribution in [0.4, 0.5) is 8.78 Å². The number of aromatic nitrogens is 2. The first-order valence-corrected chi connectivity index (χ1v) is 14.2. The van der Waals surface area contributed by atoms with E-state index in [1.807, 2.05) is 72.8 Å². The Kier molecular flexibility index (Phi) is 9.07. The minimum atomic E-state index is -0.659. The molecule has 0 radical (unpaired) electrons. The van der Waals surface area contributed by atoms with Gasteiger partial charge in [0.2, 0.25) is 0 Å². The fourth-order valence-corrected chi connectivity index (χ4v) is 5.09. The maximum Gasteiger partial charge on any atom is 0.162 e. The average molecular weight is 533 g/mol. The summed E-state index contributed by atoms with van der Waals surface area (Å²) in [4.78, 5) is 8.92. The largest absolute Gasteiger partial charge is 0.236 e. The molecule has 0 fully saturated rings. The smallest absolute Gasteiger partial charge is 0.162 e. The topological polar surface area (TPSA) is 25.8 Å². The van der Waals surface area contributed by atoms with Gasteiger partial charge in [-0.25, -0.2) is 18.7 Å². The van der Waals surface area contributed by atoms with E-state index >= 15 is 8.78 Å². The van der Waals surface area contributed by atoms with Crippen molar-refractivity contribution in [1.82, 2.24) is 9.97 Å². The summed E-state index contributed by atoms with van der Waals surface area (Å²) in [6.45, 7) is 2.22. The number of aryl methyl sites for hydroxylation is 1. The molecular weight excluding hydrogens is 498 g/mol. The summed E-state index contributed by atoms with van der Waals surface area (Å²) in [5, 5.41) is 0. The van der Waals surface area contributed by atoms with Crippen LogP contribution in [0.3, 0.4) is 0 Å². The highest BCUT2D eigenvalue weighted by atomic mass is 19.1. The molecule has 4 heteroatoms. The summed E-state index contributed by atoms with van der Waals surface area (Å²) in [5.74, 6) is -1.02. The van der Waals surface area contributed by atoms with E-state index in [0.717, 1.165) is 40.7 Å². The molecule has 0 saturated carbocycles. The van der Waals surface area contributed by atoms with Gasteiger partial charge in [0.25, 0.3) is 0 Å².